The van der Waals surface area contributed by atoms with Crippen LogP contribution in [0.4, 0.5) is 0 Å². The molecule has 1 heterocycles. The van der Waals surface area contributed by atoms with Gasteiger partial charge in [0, 0.05) is 25.0 Å². The fourth-order valence-electron chi connectivity index (χ4n) is 2.50. The molecular formula is C23H22N2O3. The third kappa shape index (κ3) is 5.20. The van der Waals surface area contributed by atoms with Gasteiger partial charge in [-0.15, -0.1) is 0 Å². The summed E-state index contributed by atoms with van der Waals surface area (Å²) in [5, 5.41) is 0. The Morgan fingerprint density at radius 2 is 1.75 bits per heavy atom. The number of allylic oxidation sites excluding steroid dienone is 1. The van der Waals surface area contributed by atoms with Crippen LogP contribution < -0.4 is 9.47 Å². The van der Waals surface area contributed by atoms with Crippen LogP contribution in [-0.2, 0) is 13.7 Å². The number of aromatic nitrogens is 2. The number of ketones is 1. The van der Waals surface area contributed by atoms with Gasteiger partial charge in [0.25, 0.3) is 0 Å². The van der Waals surface area contributed by atoms with Crippen molar-refractivity contribution in [3.63, 3.8) is 0 Å². The highest BCUT2D eigenvalue weighted by Gasteiger charge is 2.04. The Kier molecular flexibility index (Phi) is 6.41. The molecule has 0 spiro atoms. The fourth-order valence-corrected chi connectivity index (χ4v) is 2.50. The van der Waals surface area contributed by atoms with Crippen molar-refractivity contribution in [1.82, 2.24) is 9.55 Å². The van der Waals surface area contributed by atoms with Gasteiger partial charge in [-0.3, -0.25) is 4.79 Å². The normalized spacial score (nSPS) is 10.8. The molecule has 5 nitrogen and oxygen atoms in total. The molecule has 0 N–H and O–H groups in total. The summed E-state index contributed by atoms with van der Waals surface area (Å²) in [4.78, 5) is 16.6. The number of ether oxygens (including phenoxy) is 2. The number of hydrogen-bond donors (Lipinski definition) is 0. The van der Waals surface area contributed by atoms with Crippen LogP contribution in [0.15, 0.2) is 79.7 Å². The van der Waals surface area contributed by atoms with Gasteiger partial charge in [0.2, 0.25) is 0 Å². The minimum absolute atomic E-state index is 0.0670. The average Bonchev–Trinajstić information content (AvgIpc) is 3.15. The van der Waals surface area contributed by atoms with Gasteiger partial charge < -0.3 is 14.0 Å². The van der Waals surface area contributed by atoms with Gasteiger partial charge in [-0.2, -0.15) is 0 Å². The zero-order valence-corrected chi connectivity index (χ0v) is 15.7. The smallest absolute Gasteiger partial charge is 0.185 e. The second-order valence-corrected chi connectivity index (χ2v) is 6.13. The van der Waals surface area contributed by atoms with Crippen molar-refractivity contribution in [2.24, 2.45) is 7.05 Å². The van der Waals surface area contributed by atoms with Gasteiger partial charge in [-0.05, 0) is 48.0 Å². The van der Waals surface area contributed by atoms with Crippen LogP contribution in [0.2, 0.25) is 0 Å². The minimum Gasteiger partial charge on any atom is -0.490 e. The number of benzene rings is 2. The van der Waals surface area contributed by atoms with Crippen LogP contribution >= 0.6 is 0 Å². The van der Waals surface area contributed by atoms with Gasteiger partial charge >= 0.3 is 0 Å². The summed E-state index contributed by atoms with van der Waals surface area (Å²) < 4.78 is 13.0. The number of nitrogens with zero attached hydrogens (tertiary/aromatic N) is 2. The maximum atomic E-state index is 12.4. The highest BCUT2D eigenvalue weighted by molar-refractivity contribution is 6.06. The van der Waals surface area contributed by atoms with E-state index in [1.54, 1.807) is 48.7 Å². The van der Waals surface area contributed by atoms with Gasteiger partial charge in [-0.1, -0.05) is 30.9 Å². The van der Waals surface area contributed by atoms with Crippen molar-refractivity contribution in [3.05, 3.63) is 96.6 Å². The molecule has 0 saturated carbocycles. The van der Waals surface area contributed by atoms with Crippen LogP contribution in [0.25, 0.3) is 6.08 Å². The van der Waals surface area contributed by atoms with Crippen molar-refractivity contribution in [2.45, 2.75) is 6.61 Å². The van der Waals surface area contributed by atoms with Crippen LogP contribution in [-0.4, -0.2) is 21.9 Å². The summed E-state index contributed by atoms with van der Waals surface area (Å²) in [6, 6.07) is 14.6. The average molecular weight is 374 g/mol. The number of rotatable bonds is 9. The lowest BCUT2D eigenvalue weighted by atomic mass is 10.1. The van der Waals surface area contributed by atoms with E-state index in [1.165, 1.54) is 0 Å². The molecule has 0 aliphatic heterocycles. The number of aryl methyl sites for hydroxylation is 1. The number of carbonyl (C=O) groups is 1. The first-order chi connectivity index (χ1) is 13.7. The van der Waals surface area contributed by atoms with Crippen LogP contribution in [0, 0.1) is 0 Å². The lowest BCUT2D eigenvalue weighted by Crippen LogP contribution is -2.03. The van der Waals surface area contributed by atoms with Gasteiger partial charge in [0.15, 0.2) is 5.78 Å². The molecule has 3 rings (SSSR count). The predicted octanol–water partition coefficient (Wildman–Crippen LogP) is 4.46. The third-order valence-electron chi connectivity index (χ3n) is 4.10. The Balaban J connectivity index is 1.55. The number of carbonyl (C=O) groups excluding carboxylic acids is 1. The Morgan fingerprint density at radius 3 is 2.39 bits per heavy atom. The minimum atomic E-state index is -0.0670. The van der Waals surface area contributed by atoms with E-state index in [0.717, 1.165) is 17.1 Å². The molecule has 142 valence electrons. The third-order valence-corrected chi connectivity index (χ3v) is 4.10. The molecule has 5 heteroatoms. The van der Waals surface area contributed by atoms with Gasteiger partial charge in [0.1, 0.15) is 30.5 Å². The largest absolute Gasteiger partial charge is 0.490 e. The lowest BCUT2D eigenvalue weighted by Gasteiger charge is -2.06. The standard InChI is InChI=1S/C23H22N2O3/c1-3-16-27-20-9-4-18(5-10-20)6-13-22(26)19-7-11-21(12-8-19)28-17-23-24-14-15-25(23)2/h3-15H,1,16-17H2,2H3/b13-6+. The van der Waals surface area contributed by atoms with Crippen molar-refractivity contribution >= 4 is 11.9 Å². The number of hydrogen-bond acceptors (Lipinski definition) is 4. The first-order valence-electron chi connectivity index (χ1n) is 8.91. The Bertz CT molecular complexity index is 954. The predicted molar refractivity (Wildman–Crippen MR) is 109 cm³/mol. The van der Waals surface area contributed by atoms with E-state index in [-0.39, 0.29) is 5.78 Å². The van der Waals surface area contributed by atoms with Crippen LogP contribution in [0.3, 0.4) is 0 Å². The van der Waals surface area contributed by atoms with Gasteiger partial charge in [-0.25, -0.2) is 4.98 Å². The van der Waals surface area contributed by atoms with E-state index < -0.39 is 0 Å². The molecule has 0 aliphatic rings. The highest BCUT2D eigenvalue weighted by Crippen LogP contribution is 2.16. The Morgan fingerprint density at radius 1 is 1.07 bits per heavy atom. The number of imidazole rings is 1. The van der Waals surface area contributed by atoms with E-state index in [1.807, 2.05) is 42.1 Å². The van der Waals surface area contributed by atoms with Crippen molar-refractivity contribution in [1.29, 1.82) is 0 Å². The summed E-state index contributed by atoms with van der Waals surface area (Å²) in [5.74, 6) is 2.23. The highest BCUT2D eigenvalue weighted by atomic mass is 16.5. The molecule has 0 atom stereocenters. The summed E-state index contributed by atoms with van der Waals surface area (Å²) in [5.41, 5.74) is 1.53. The molecule has 2 aromatic carbocycles. The molecule has 0 aliphatic carbocycles. The van der Waals surface area contributed by atoms with Crippen LogP contribution in [0.1, 0.15) is 21.7 Å². The van der Waals surface area contributed by atoms with E-state index in [4.69, 9.17) is 9.47 Å². The maximum Gasteiger partial charge on any atom is 0.185 e. The van der Waals surface area contributed by atoms with Crippen molar-refractivity contribution in [3.8, 4) is 11.5 Å². The zero-order chi connectivity index (χ0) is 19.8. The van der Waals surface area contributed by atoms with Crippen LogP contribution in [0.5, 0.6) is 11.5 Å². The van der Waals surface area contributed by atoms with Gasteiger partial charge in [0.05, 0.1) is 0 Å². The Labute approximate surface area is 164 Å². The topological polar surface area (TPSA) is 53.4 Å². The maximum absolute atomic E-state index is 12.4. The molecule has 0 radical (unpaired) electrons. The molecule has 3 aromatic rings. The monoisotopic (exact) mass is 374 g/mol. The first-order valence-corrected chi connectivity index (χ1v) is 8.91. The summed E-state index contributed by atoms with van der Waals surface area (Å²) >= 11 is 0. The molecule has 1 aromatic heterocycles. The Hall–Kier alpha value is -3.60. The van der Waals surface area contributed by atoms with E-state index in [0.29, 0.717) is 24.5 Å². The van der Waals surface area contributed by atoms with E-state index in [2.05, 4.69) is 11.6 Å². The molecule has 28 heavy (non-hydrogen) atoms. The fraction of sp³-hybridized carbons (Fsp3) is 0.130. The zero-order valence-electron chi connectivity index (χ0n) is 15.7. The van der Waals surface area contributed by atoms with E-state index in [9.17, 15) is 4.79 Å². The summed E-state index contributed by atoms with van der Waals surface area (Å²) in [6.07, 6.45) is 8.64. The van der Waals surface area contributed by atoms with Crippen molar-refractivity contribution in [2.75, 3.05) is 6.61 Å². The van der Waals surface area contributed by atoms with Crippen molar-refractivity contribution < 1.29 is 14.3 Å². The quantitative estimate of drug-likeness (QED) is 0.315. The molecular weight excluding hydrogens is 352 g/mol. The molecule has 0 saturated heterocycles. The molecule has 0 unspecified atom stereocenters. The lowest BCUT2D eigenvalue weighted by molar-refractivity contribution is 0.104. The second kappa shape index (κ2) is 9.37. The summed E-state index contributed by atoms with van der Waals surface area (Å²) in [7, 11) is 1.92. The second-order valence-electron chi connectivity index (χ2n) is 6.13. The SMILES string of the molecule is C=CCOc1ccc(/C=C/C(=O)c2ccc(OCc3nccn3C)cc2)cc1. The molecule has 0 amide bonds. The molecule has 0 bridgehead atoms. The molecule has 0 fully saturated rings. The first kappa shape index (κ1) is 19.2. The van der Waals surface area contributed by atoms with E-state index >= 15 is 0 Å². The summed E-state index contributed by atoms with van der Waals surface area (Å²) in [6.45, 7) is 4.46.